The standard InChI is InChI=1S/C54H93N9O16/c1-11-13-14-15-16-17-34(66)25-41(67)55-38(24-33-18-19-33)49(73)56-35(20-21-42(68)69)46(70)63-45-32(10)79-54(78)44(31(9)12-2)62-51(75)40(27-65)60-47(71)36(22-28(3)4)57-50(74)39(26-64)59-48(72)37(23-29(5)6)58-52(76)43(30(7)8)61-53(45)77/h28-40,43-45,64-66H,11-27H2,1-10H3,(H,55,67)(H,56,73)(H,57,74)(H,58,76)(H,59,72)(H,60,71)(H,61,77)(H,62,75)(H,63,70)(H,68,69)/t31?,32?,34-,35+,36-,37-,38-,39+,40+,43+,44-,45+/m0/s1. The van der Waals surface area contributed by atoms with Crippen LogP contribution in [0.1, 0.15) is 166 Å². The smallest absolute Gasteiger partial charge is 0.329 e. The average molecular weight is 1120 g/mol. The van der Waals surface area contributed by atoms with Crippen LogP contribution in [0.3, 0.4) is 0 Å². The van der Waals surface area contributed by atoms with Gasteiger partial charge in [-0.3, -0.25) is 47.9 Å². The molecular weight excluding hydrogens is 1030 g/mol. The fraction of sp³-hybridized carbons (Fsp3) is 0.796. The van der Waals surface area contributed by atoms with Crippen LogP contribution in [-0.2, 0) is 57.5 Å². The van der Waals surface area contributed by atoms with Crippen molar-refractivity contribution in [3.8, 4) is 0 Å². The molecule has 1 heterocycles. The summed E-state index contributed by atoms with van der Waals surface area (Å²) in [4.78, 5) is 152. The summed E-state index contributed by atoms with van der Waals surface area (Å²) in [6, 6.07) is -14.0. The molecule has 12 atom stereocenters. The van der Waals surface area contributed by atoms with Gasteiger partial charge in [0, 0.05) is 6.42 Å². The summed E-state index contributed by atoms with van der Waals surface area (Å²) >= 11 is 0. The Hall–Kier alpha value is -5.95. The third-order valence-electron chi connectivity index (χ3n) is 13.9. The van der Waals surface area contributed by atoms with Crippen LogP contribution in [0.2, 0.25) is 0 Å². The summed E-state index contributed by atoms with van der Waals surface area (Å²) in [6.07, 6.45) is 2.82. The number of hydrogen-bond donors (Lipinski definition) is 13. The summed E-state index contributed by atoms with van der Waals surface area (Å²) in [6.45, 7) is 14.7. The fourth-order valence-corrected chi connectivity index (χ4v) is 8.83. The molecule has 2 fully saturated rings. The van der Waals surface area contributed by atoms with Crippen molar-refractivity contribution in [3.63, 3.8) is 0 Å². The summed E-state index contributed by atoms with van der Waals surface area (Å²) in [5, 5.41) is 63.6. The quantitative estimate of drug-likeness (QED) is 0.0376. The third-order valence-corrected chi connectivity index (χ3v) is 13.9. The maximum atomic E-state index is 14.7. The minimum absolute atomic E-state index is 0.00774. The van der Waals surface area contributed by atoms with Crippen molar-refractivity contribution in [2.45, 2.75) is 232 Å². The molecule has 79 heavy (non-hydrogen) atoms. The van der Waals surface area contributed by atoms with Crippen molar-refractivity contribution in [1.82, 2.24) is 47.9 Å². The van der Waals surface area contributed by atoms with E-state index in [1.165, 1.54) is 6.92 Å². The molecular formula is C54H93N9O16. The zero-order chi connectivity index (χ0) is 59.7. The number of aliphatic carboxylic acids is 1. The van der Waals surface area contributed by atoms with Crippen molar-refractivity contribution in [3.05, 3.63) is 0 Å². The van der Waals surface area contributed by atoms with E-state index in [4.69, 9.17) is 4.74 Å². The van der Waals surface area contributed by atoms with Crippen molar-refractivity contribution < 1.29 is 77.9 Å². The van der Waals surface area contributed by atoms with Crippen LogP contribution in [0.5, 0.6) is 0 Å². The number of hydrogen-bond acceptors (Lipinski definition) is 15. The number of carbonyl (C=O) groups is 11. The van der Waals surface area contributed by atoms with E-state index in [0.717, 1.165) is 38.5 Å². The number of cyclic esters (lactones) is 1. The summed E-state index contributed by atoms with van der Waals surface area (Å²) < 4.78 is 5.83. The highest BCUT2D eigenvalue weighted by molar-refractivity contribution is 5.99. The molecule has 13 N–H and O–H groups in total. The number of aliphatic hydroxyl groups is 3. The van der Waals surface area contributed by atoms with Gasteiger partial charge in [0.2, 0.25) is 53.2 Å². The molecule has 1 saturated heterocycles. The number of nitrogens with one attached hydrogen (secondary N) is 9. The molecule has 1 aliphatic heterocycles. The Morgan fingerprint density at radius 3 is 1.61 bits per heavy atom. The number of esters is 1. The lowest BCUT2D eigenvalue weighted by atomic mass is 9.98. The van der Waals surface area contributed by atoms with Crippen molar-refractivity contribution >= 4 is 65.1 Å². The van der Waals surface area contributed by atoms with E-state index in [2.05, 4.69) is 54.8 Å². The zero-order valence-corrected chi connectivity index (χ0v) is 47.9. The lowest BCUT2D eigenvalue weighted by molar-refractivity contribution is -0.158. The molecule has 2 rings (SSSR count). The number of carboxylic acid groups (broad SMARTS) is 1. The van der Waals surface area contributed by atoms with Gasteiger partial charge in [0.05, 0.1) is 25.7 Å². The van der Waals surface area contributed by atoms with Crippen LogP contribution in [0.25, 0.3) is 0 Å². The van der Waals surface area contributed by atoms with Crippen LogP contribution in [-0.4, -0.2) is 165 Å². The molecule has 0 bridgehead atoms. The van der Waals surface area contributed by atoms with Gasteiger partial charge in [-0.05, 0) is 68.6 Å². The van der Waals surface area contributed by atoms with Gasteiger partial charge < -0.3 is 73.0 Å². The first-order valence-electron chi connectivity index (χ1n) is 28.2. The molecule has 1 saturated carbocycles. The van der Waals surface area contributed by atoms with E-state index >= 15 is 0 Å². The van der Waals surface area contributed by atoms with E-state index in [-0.39, 0.29) is 49.9 Å². The Balaban J connectivity index is 2.72. The van der Waals surface area contributed by atoms with E-state index in [9.17, 15) is 73.2 Å². The molecule has 0 aromatic rings. The first-order chi connectivity index (χ1) is 37.1. The molecule has 1 aliphatic carbocycles. The van der Waals surface area contributed by atoms with Crippen LogP contribution in [0.15, 0.2) is 0 Å². The SMILES string of the molecule is CCCCCCC[C@H](O)CC(=O)N[C@@H](CC1CC1)C(=O)N[C@H](CCC(=O)O)C(=O)N[C@H]1C(=O)N[C@H](C(C)C)C(=O)N[C@@H](CC(C)C)C(=O)N[C@H](CO)C(=O)N[C@@H](CC(C)C)C(=O)N[C@H](CO)C(=O)N[C@@H](C(C)CC)C(=O)OC1C. The normalized spacial score (nSPS) is 24.9. The molecule has 2 unspecified atom stereocenters. The van der Waals surface area contributed by atoms with Gasteiger partial charge in [-0.15, -0.1) is 0 Å². The predicted molar refractivity (Wildman–Crippen MR) is 289 cm³/mol. The first kappa shape index (κ1) is 69.2. The number of amides is 9. The molecule has 0 aromatic carbocycles. The first-order valence-corrected chi connectivity index (χ1v) is 28.2. The van der Waals surface area contributed by atoms with E-state index < -0.39 is 170 Å². The van der Waals surface area contributed by atoms with Crippen LogP contribution in [0, 0.1) is 29.6 Å². The van der Waals surface area contributed by atoms with Crippen molar-refractivity contribution in [2.75, 3.05) is 13.2 Å². The minimum Gasteiger partial charge on any atom is -0.481 e. The van der Waals surface area contributed by atoms with Gasteiger partial charge in [0.15, 0.2) is 0 Å². The van der Waals surface area contributed by atoms with Crippen LogP contribution < -0.4 is 47.9 Å². The van der Waals surface area contributed by atoms with E-state index in [1.54, 1.807) is 55.4 Å². The second kappa shape index (κ2) is 34.9. The topological polar surface area (TPSA) is 386 Å². The Bertz CT molecular complexity index is 2050. The number of carbonyl (C=O) groups excluding carboxylic acids is 10. The Morgan fingerprint density at radius 2 is 1.11 bits per heavy atom. The highest BCUT2D eigenvalue weighted by Gasteiger charge is 2.41. The van der Waals surface area contributed by atoms with Crippen LogP contribution in [0.4, 0.5) is 0 Å². The molecule has 2 aliphatic rings. The lowest BCUT2D eigenvalue weighted by Gasteiger charge is -2.32. The summed E-state index contributed by atoms with van der Waals surface area (Å²) in [5.74, 6) is -13.0. The van der Waals surface area contributed by atoms with E-state index in [0.29, 0.717) is 12.8 Å². The molecule has 0 aromatic heterocycles. The molecule has 450 valence electrons. The number of rotatable bonds is 27. The van der Waals surface area contributed by atoms with E-state index in [1.807, 2.05) is 0 Å². The number of ether oxygens (including phenoxy) is 1. The number of aliphatic hydroxyl groups excluding tert-OH is 3. The average Bonchev–Trinajstić information content (AvgIpc) is 4.20. The highest BCUT2D eigenvalue weighted by Crippen LogP contribution is 2.33. The largest absolute Gasteiger partial charge is 0.481 e. The summed E-state index contributed by atoms with van der Waals surface area (Å²) in [7, 11) is 0. The number of carboxylic acids is 1. The molecule has 25 nitrogen and oxygen atoms in total. The van der Waals surface area contributed by atoms with Gasteiger partial charge >= 0.3 is 11.9 Å². The third kappa shape index (κ3) is 24.9. The molecule has 25 heteroatoms. The molecule has 0 radical (unpaired) electrons. The van der Waals surface area contributed by atoms with Gasteiger partial charge in [-0.25, -0.2) is 4.79 Å². The predicted octanol–water partition coefficient (Wildman–Crippen LogP) is -0.150. The van der Waals surface area contributed by atoms with Crippen molar-refractivity contribution in [2.24, 2.45) is 29.6 Å². The van der Waals surface area contributed by atoms with Gasteiger partial charge in [0.25, 0.3) is 0 Å². The molecule has 0 spiro atoms. The second-order valence-electron chi connectivity index (χ2n) is 22.5. The second-order valence-corrected chi connectivity index (χ2v) is 22.5. The summed E-state index contributed by atoms with van der Waals surface area (Å²) in [5.41, 5.74) is 0. The Morgan fingerprint density at radius 1 is 0.608 bits per heavy atom. The van der Waals surface area contributed by atoms with Crippen molar-refractivity contribution in [1.29, 1.82) is 0 Å². The number of unbranched alkanes of at least 4 members (excludes halogenated alkanes) is 4. The van der Waals surface area contributed by atoms with Gasteiger partial charge in [-0.2, -0.15) is 0 Å². The fourth-order valence-electron chi connectivity index (χ4n) is 8.83. The Kier molecular flexibility index (Phi) is 30.6. The molecule has 9 amide bonds. The van der Waals surface area contributed by atoms with Gasteiger partial charge in [-0.1, -0.05) is 114 Å². The van der Waals surface area contributed by atoms with Gasteiger partial charge in [0.1, 0.15) is 60.5 Å². The monoisotopic (exact) mass is 1120 g/mol. The maximum Gasteiger partial charge on any atom is 0.329 e. The van der Waals surface area contributed by atoms with Crippen LogP contribution >= 0.6 is 0 Å². The Labute approximate surface area is 464 Å². The highest BCUT2D eigenvalue weighted by atomic mass is 16.5. The minimum atomic E-state index is -1.94. The zero-order valence-electron chi connectivity index (χ0n) is 47.9. The maximum absolute atomic E-state index is 14.7. The lowest BCUT2D eigenvalue weighted by Crippen LogP contribution is -2.63.